The average molecular weight is 301 g/mol. The SMILES string of the molecule is CC(=O)c1cc(Cl)ccc1OCc1ccc(Cl)s1. The lowest BCUT2D eigenvalue weighted by atomic mass is 10.1. The minimum atomic E-state index is -0.0725. The Morgan fingerprint density at radius 3 is 2.67 bits per heavy atom. The molecule has 0 saturated carbocycles. The van der Waals surface area contributed by atoms with Crippen LogP contribution in [0.1, 0.15) is 22.2 Å². The van der Waals surface area contributed by atoms with Gasteiger partial charge < -0.3 is 4.74 Å². The second kappa shape index (κ2) is 5.74. The highest BCUT2D eigenvalue weighted by atomic mass is 35.5. The standard InChI is InChI=1S/C13H10Cl2O2S/c1-8(16)11-6-9(14)2-4-12(11)17-7-10-3-5-13(15)18-10/h2-6H,7H2,1H3. The summed E-state index contributed by atoms with van der Waals surface area (Å²) in [6.45, 7) is 1.87. The van der Waals surface area contributed by atoms with Crippen LogP contribution in [0.3, 0.4) is 0 Å². The van der Waals surface area contributed by atoms with Gasteiger partial charge in [-0.1, -0.05) is 23.2 Å². The van der Waals surface area contributed by atoms with Gasteiger partial charge in [-0.3, -0.25) is 4.79 Å². The van der Waals surface area contributed by atoms with Crippen molar-refractivity contribution in [2.24, 2.45) is 0 Å². The molecule has 0 amide bonds. The summed E-state index contributed by atoms with van der Waals surface area (Å²) in [5, 5.41) is 0.520. The van der Waals surface area contributed by atoms with Crippen molar-refractivity contribution in [3.63, 3.8) is 0 Å². The van der Waals surface area contributed by atoms with E-state index in [1.807, 2.05) is 12.1 Å². The number of hydrogen-bond donors (Lipinski definition) is 0. The summed E-state index contributed by atoms with van der Waals surface area (Å²) in [5.41, 5.74) is 0.491. The van der Waals surface area contributed by atoms with Gasteiger partial charge in [-0.2, -0.15) is 0 Å². The monoisotopic (exact) mass is 300 g/mol. The van der Waals surface area contributed by atoms with Gasteiger partial charge in [0.15, 0.2) is 5.78 Å². The number of thiophene rings is 1. The molecule has 5 heteroatoms. The van der Waals surface area contributed by atoms with Crippen LogP contribution >= 0.6 is 34.5 Å². The number of Topliss-reactive ketones (excluding diaryl/α,β-unsaturated/α-hetero) is 1. The van der Waals surface area contributed by atoms with Crippen LogP contribution in [-0.2, 0) is 6.61 Å². The zero-order valence-corrected chi connectivity index (χ0v) is 11.9. The highest BCUT2D eigenvalue weighted by Crippen LogP contribution is 2.26. The Balaban J connectivity index is 2.16. The predicted molar refractivity (Wildman–Crippen MR) is 75.1 cm³/mol. The molecule has 0 spiro atoms. The molecule has 1 aromatic carbocycles. The van der Waals surface area contributed by atoms with E-state index >= 15 is 0 Å². The molecule has 2 aromatic rings. The smallest absolute Gasteiger partial charge is 0.163 e. The van der Waals surface area contributed by atoms with Crippen molar-refractivity contribution in [1.29, 1.82) is 0 Å². The first-order valence-electron chi connectivity index (χ1n) is 5.24. The quantitative estimate of drug-likeness (QED) is 0.756. The lowest BCUT2D eigenvalue weighted by Gasteiger charge is -2.09. The molecule has 0 atom stereocenters. The fourth-order valence-corrected chi connectivity index (χ4v) is 2.65. The first kappa shape index (κ1) is 13.4. The lowest BCUT2D eigenvalue weighted by molar-refractivity contribution is 0.101. The molecule has 0 N–H and O–H groups in total. The van der Waals surface area contributed by atoms with Crippen LogP contribution in [0.2, 0.25) is 9.36 Å². The number of benzene rings is 1. The molecule has 0 aliphatic rings. The van der Waals surface area contributed by atoms with E-state index in [0.717, 1.165) is 9.21 Å². The maximum atomic E-state index is 11.5. The molecule has 1 heterocycles. The Kier molecular flexibility index (Phi) is 4.27. The minimum absolute atomic E-state index is 0.0725. The summed E-state index contributed by atoms with van der Waals surface area (Å²) >= 11 is 13.1. The van der Waals surface area contributed by atoms with Gasteiger partial charge in [0.25, 0.3) is 0 Å². The molecule has 2 nitrogen and oxygen atoms in total. The molecular formula is C13H10Cl2O2S. The summed E-state index contributed by atoms with van der Waals surface area (Å²) in [6.07, 6.45) is 0. The van der Waals surface area contributed by atoms with Crippen molar-refractivity contribution in [2.45, 2.75) is 13.5 Å². The molecule has 2 rings (SSSR count). The van der Waals surface area contributed by atoms with Crippen LogP contribution in [0.4, 0.5) is 0 Å². The molecule has 0 aliphatic carbocycles. The van der Waals surface area contributed by atoms with E-state index in [9.17, 15) is 4.79 Å². The summed E-state index contributed by atoms with van der Waals surface area (Å²) in [4.78, 5) is 12.5. The van der Waals surface area contributed by atoms with Gasteiger partial charge in [-0.15, -0.1) is 11.3 Å². The van der Waals surface area contributed by atoms with E-state index in [4.69, 9.17) is 27.9 Å². The van der Waals surface area contributed by atoms with Crippen molar-refractivity contribution in [1.82, 2.24) is 0 Å². The van der Waals surface area contributed by atoms with Crippen LogP contribution in [0, 0.1) is 0 Å². The molecule has 0 fully saturated rings. The minimum Gasteiger partial charge on any atom is -0.487 e. The van der Waals surface area contributed by atoms with Gasteiger partial charge in [-0.05, 0) is 37.3 Å². The second-order valence-electron chi connectivity index (χ2n) is 3.69. The summed E-state index contributed by atoms with van der Waals surface area (Å²) in [7, 11) is 0. The van der Waals surface area contributed by atoms with Crippen LogP contribution in [0.5, 0.6) is 5.75 Å². The zero-order chi connectivity index (χ0) is 13.1. The average Bonchev–Trinajstić information content (AvgIpc) is 2.73. The fourth-order valence-electron chi connectivity index (χ4n) is 1.48. The van der Waals surface area contributed by atoms with Crippen LogP contribution in [0.25, 0.3) is 0 Å². The topological polar surface area (TPSA) is 26.3 Å². The first-order valence-corrected chi connectivity index (χ1v) is 6.81. The van der Waals surface area contributed by atoms with Crippen molar-refractivity contribution in [3.05, 3.63) is 50.1 Å². The summed E-state index contributed by atoms with van der Waals surface area (Å²) in [5.74, 6) is 0.466. The number of ketones is 1. The first-order chi connectivity index (χ1) is 8.56. The highest BCUT2D eigenvalue weighted by molar-refractivity contribution is 7.16. The normalized spacial score (nSPS) is 10.4. The van der Waals surface area contributed by atoms with Gasteiger partial charge in [0.1, 0.15) is 12.4 Å². The molecule has 1 aromatic heterocycles. The molecule has 94 valence electrons. The summed E-state index contributed by atoms with van der Waals surface area (Å²) in [6, 6.07) is 8.73. The molecule has 0 bridgehead atoms. The Bertz CT molecular complexity index is 578. The lowest BCUT2D eigenvalue weighted by Crippen LogP contribution is -2.00. The van der Waals surface area contributed by atoms with Crippen molar-refractivity contribution in [3.8, 4) is 5.75 Å². The zero-order valence-electron chi connectivity index (χ0n) is 9.57. The molecule has 0 unspecified atom stereocenters. The van der Waals surface area contributed by atoms with Crippen molar-refractivity contribution >= 4 is 40.3 Å². The van der Waals surface area contributed by atoms with Crippen molar-refractivity contribution in [2.75, 3.05) is 0 Å². The van der Waals surface area contributed by atoms with E-state index in [0.29, 0.717) is 22.9 Å². The molecular weight excluding hydrogens is 291 g/mol. The third kappa shape index (κ3) is 3.25. The van der Waals surface area contributed by atoms with Gasteiger partial charge in [0.2, 0.25) is 0 Å². The van der Waals surface area contributed by atoms with E-state index in [1.165, 1.54) is 18.3 Å². The third-order valence-corrected chi connectivity index (χ3v) is 3.76. The third-order valence-electron chi connectivity index (χ3n) is 2.32. The number of ether oxygens (including phenoxy) is 1. The van der Waals surface area contributed by atoms with Gasteiger partial charge in [-0.25, -0.2) is 0 Å². The Morgan fingerprint density at radius 2 is 2.06 bits per heavy atom. The number of halogens is 2. The maximum absolute atomic E-state index is 11.5. The fraction of sp³-hybridized carbons (Fsp3) is 0.154. The number of hydrogen-bond acceptors (Lipinski definition) is 3. The van der Waals surface area contributed by atoms with Crippen LogP contribution in [0.15, 0.2) is 30.3 Å². The molecule has 0 saturated heterocycles. The Labute approximate surface area is 119 Å². The molecule has 18 heavy (non-hydrogen) atoms. The van der Waals surface area contributed by atoms with Crippen molar-refractivity contribution < 1.29 is 9.53 Å². The predicted octanol–water partition coefficient (Wildman–Crippen LogP) is 4.84. The molecule has 0 aliphatic heterocycles. The van der Waals surface area contributed by atoms with Crippen LogP contribution < -0.4 is 4.74 Å². The Morgan fingerprint density at radius 1 is 1.28 bits per heavy atom. The van der Waals surface area contributed by atoms with E-state index in [-0.39, 0.29) is 5.78 Å². The van der Waals surface area contributed by atoms with Gasteiger partial charge >= 0.3 is 0 Å². The van der Waals surface area contributed by atoms with Gasteiger partial charge in [0.05, 0.1) is 9.90 Å². The van der Waals surface area contributed by atoms with Crippen LogP contribution in [-0.4, -0.2) is 5.78 Å². The summed E-state index contributed by atoms with van der Waals surface area (Å²) < 4.78 is 6.34. The van der Waals surface area contributed by atoms with E-state index in [2.05, 4.69) is 0 Å². The largest absolute Gasteiger partial charge is 0.487 e. The van der Waals surface area contributed by atoms with E-state index < -0.39 is 0 Å². The second-order valence-corrected chi connectivity index (χ2v) is 5.93. The maximum Gasteiger partial charge on any atom is 0.163 e. The number of carbonyl (C=O) groups excluding carboxylic acids is 1. The highest BCUT2D eigenvalue weighted by Gasteiger charge is 2.10. The number of rotatable bonds is 4. The number of carbonyl (C=O) groups is 1. The Hall–Kier alpha value is -1.03. The molecule has 0 radical (unpaired) electrons. The van der Waals surface area contributed by atoms with E-state index in [1.54, 1.807) is 18.2 Å². The van der Waals surface area contributed by atoms with Gasteiger partial charge in [0, 0.05) is 9.90 Å².